The predicted octanol–water partition coefficient (Wildman–Crippen LogP) is 1.45. The van der Waals surface area contributed by atoms with Crippen molar-refractivity contribution in [1.29, 1.82) is 0 Å². The molecule has 1 N–H and O–H groups in total. The number of nitrogens with zero attached hydrogens (tertiary/aromatic N) is 5. The van der Waals surface area contributed by atoms with Crippen LogP contribution in [0.15, 0.2) is 45.7 Å². The first-order valence-corrected chi connectivity index (χ1v) is 11.0. The topological polar surface area (TPSA) is 112 Å². The molecule has 4 rings (SSSR count). The minimum Gasteiger partial charge on any atom is -0.351 e. The molecule has 0 aliphatic carbocycles. The van der Waals surface area contributed by atoms with Crippen LogP contribution in [0.5, 0.6) is 0 Å². The van der Waals surface area contributed by atoms with E-state index in [1.807, 2.05) is 4.90 Å². The number of hydrogen-bond donors (Lipinski definition) is 1. The second-order valence-corrected chi connectivity index (χ2v) is 9.59. The molecule has 1 aliphatic heterocycles. The highest BCUT2D eigenvalue weighted by Gasteiger charge is 2.31. The standard InChI is InChI=1S/C16H15ClN6O3S2/c17-15-16(19-6-5-18-15)22-7-9-23(10-8-22)28(25,26)14-4-2-12(27-14)11-1-3-13(24)21-20-11/h1-6H,7-10H2,(H,21,24). The molecule has 0 spiro atoms. The molecule has 0 radical (unpaired) electrons. The van der Waals surface area contributed by atoms with Crippen molar-refractivity contribution in [2.24, 2.45) is 0 Å². The highest BCUT2D eigenvalue weighted by Crippen LogP contribution is 2.31. The molecule has 28 heavy (non-hydrogen) atoms. The van der Waals surface area contributed by atoms with Crippen LogP contribution in [0.4, 0.5) is 5.82 Å². The van der Waals surface area contributed by atoms with Gasteiger partial charge in [0.2, 0.25) is 0 Å². The Hall–Kier alpha value is -2.34. The summed E-state index contributed by atoms with van der Waals surface area (Å²) in [5.41, 5.74) is 0.211. The van der Waals surface area contributed by atoms with Crippen LogP contribution in [0.1, 0.15) is 0 Å². The zero-order valence-corrected chi connectivity index (χ0v) is 16.8. The van der Waals surface area contributed by atoms with E-state index in [1.54, 1.807) is 24.4 Å². The Bertz CT molecular complexity index is 1130. The third kappa shape index (κ3) is 3.65. The fourth-order valence-electron chi connectivity index (χ4n) is 2.87. The number of piperazine rings is 1. The van der Waals surface area contributed by atoms with Gasteiger partial charge in [-0.05, 0) is 18.2 Å². The van der Waals surface area contributed by atoms with Gasteiger partial charge >= 0.3 is 0 Å². The van der Waals surface area contributed by atoms with Crippen LogP contribution in [0.25, 0.3) is 10.6 Å². The van der Waals surface area contributed by atoms with Crippen molar-refractivity contribution >= 4 is 38.8 Å². The maximum Gasteiger partial charge on any atom is 0.264 e. The summed E-state index contributed by atoms with van der Waals surface area (Å²) >= 11 is 7.20. The Balaban J connectivity index is 1.50. The molecule has 3 aromatic rings. The molecular weight excluding hydrogens is 424 g/mol. The first-order valence-electron chi connectivity index (χ1n) is 8.33. The highest BCUT2D eigenvalue weighted by atomic mass is 35.5. The van der Waals surface area contributed by atoms with Crippen molar-refractivity contribution in [3.05, 3.63) is 52.2 Å². The molecule has 0 saturated carbocycles. The summed E-state index contributed by atoms with van der Waals surface area (Å²) in [6.45, 7) is 1.58. The lowest BCUT2D eigenvalue weighted by atomic mass is 10.3. The molecule has 3 aromatic heterocycles. The van der Waals surface area contributed by atoms with Crippen LogP contribution in [-0.4, -0.2) is 59.1 Å². The summed E-state index contributed by atoms with van der Waals surface area (Å²) < 4.78 is 27.6. The van der Waals surface area contributed by atoms with Gasteiger partial charge in [0, 0.05) is 44.6 Å². The lowest BCUT2D eigenvalue weighted by Crippen LogP contribution is -2.48. The van der Waals surface area contributed by atoms with E-state index in [9.17, 15) is 13.2 Å². The van der Waals surface area contributed by atoms with Gasteiger partial charge in [-0.15, -0.1) is 11.3 Å². The number of aromatic amines is 1. The molecule has 0 bridgehead atoms. The summed E-state index contributed by atoms with van der Waals surface area (Å²) in [7, 11) is -3.62. The van der Waals surface area contributed by atoms with E-state index in [-0.39, 0.29) is 9.77 Å². The van der Waals surface area contributed by atoms with E-state index >= 15 is 0 Å². The van der Waals surface area contributed by atoms with Gasteiger partial charge in [-0.25, -0.2) is 23.5 Å². The van der Waals surface area contributed by atoms with Crippen LogP contribution in [0.3, 0.4) is 0 Å². The number of H-pyrrole nitrogens is 1. The number of nitrogens with one attached hydrogen (secondary N) is 1. The van der Waals surface area contributed by atoms with Crippen LogP contribution in [0.2, 0.25) is 5.15 Å². The summed E-state index contributed by atoms with van der Waals surface area (Å²) in [6, 6.07) is 6.17. The Morgan fingerprint density at radius 2 is 1.79 bits per heavy atom. The van der Waals surface area contributed by atoms with E-state index in [2.05, 4.69) is 20.2 Å². The molecule has 146 valence electrons. The quantitative estimate of drug-likeness (QED) is 0.656. The SMILES string of the molecule is O=c1ccc(-c2ccc(S(=O)(=O)N3CCN(c4nccnc4Cl)CC3)s2)n[nH]1. The minimum absolute atomic E-state index is 0.237. The minimum atomic E-state index is -3.62. The Morgan fingerprint density at radius 3 is 2.46 bits per heavy atom. The van der Waals surface area contributed by atoms with Crippen LogP contribution >= 0.6 is 22.9 Å². The van der Waals surface area contributed by atoms with Crippen molar-refractivity contribution in [3.63, 3.8) is 0 Å². The van der Waals surface area contributed by atoms with Gasteiger partial charge in [0.15, 0.2) is 11.0 Å². The summed E-state index contributed by atoms with van der Waals surface area (Å²) in [4.78, 5) is 22.0. The monoisotopic (exact) mass is 438 g/mol. The first kappa shape index (κ1) is 19.0. The fourth-order valence-corrected chi connectivity index (χ4v) is 5.95. The average Bonchev–Trinajstić information content (AvgIpc) is 3.20. The number of anilines is 1. The summed E-state index contributed by atoms with van der Waals surface area (Å²) in [5.74, 6) is 0.559. The maximum absolute atomic E-state index is 13.0. The first-order chi connectivity index (χ1) is 13.4. The van der Waals surface area contributed by atoms with E-state index in [0.29, 0.717) is 47.7 Å². The Morgan fingerprint density at radius 1 is 1.04 bits per heavy atom. The molecule has 0 aromatic carbocycles. The number of hydrogen-bond acceptors (Lipinski definition) is 8. The molecule has 1 saturated heterocycles. The molecule has 1 fully saturated rings. The van der Waals surface area contributed by atoms with Gasteiger partial charge in [-0.3, -0.25) is 4.79 Å². The Kier molecular flexibility index (Phi) is 5.15. The number of thiophene rings is 1. The zero-order valence-electron chi connectivity index (χ0n) is 14.4. The molecule has 4 heterocycles. The van der Waals surface area contributed by atoms with Gasteiger partial charge in [0.1, 0.15) is 9.90 Å². The zero-order chi connectivity index (χ0) is 19.7. The lowest BCUT2D eigenvalue weighted by Gasteiger charge is -2.34. The van der Waals surface area contributed by atoms with Gasteiger partial charge in [-0.1, -0.05) is 11.6 Å². The number of sulfonamides is 1. The second kappa shape index (κ2) is 7.59. The third-order valence-corrected chi connectivity index (χ3v) is 8.02. The number of rotatable bonds is 4. The van der Waals surface area contributed by atoms with Gasteiger partial charge < -0.3 is 4.90 Å². The van der Waals surface area contributed by atoms with E-state index in [4.69, 9.17) is 11.6 Å². The Labute approximate surface area is 169 Å². The normalized spacial score (nSPS) is 15.7. The summed E-state index contributed by atoms with van der Waals surface area (Å²) in [5, 5.41) is 6.59. The van der Waals surface area contributed by atoms with Crippen molar-refractivity contribution < 1.29 is 8.42 Å². The highest BCUT2D eigenvalue weighted by molar-refractivity contribution is 7.91. The maximum atomic E-state index is 13.0. The van der Waals surface area contributed by atoms with Crippen molar-refractivity contribution in [1.82, 2.24) is 24.5 Å². The van der Waals surface area contributed by atoms with Gasteiger partial charge in [0.25, 0.3) is 15.6 Å². The van der Waals surface area contributed by atoms with Gasteiger partial charge in [0.05, 0.1) is 4.88 Å². The van der Waals surface area contributed by atoms with E-state index in [0.717, 1.165) is 11.3 Å². The largest absolute Gasteiger partial charge is 0.351 e. The second-order valence-electron chi connectivity index (χ2n) is 5.99. The van der Waals surface area contributed by atoms with Crippen molar-refractivity contribution in [2.75, 3.05) is 31.1 Å². The molecule has 0 unspecified atom stereocenters. The number of halogens is 1. The van der Waals surface area contributed by atoms with Crippen LogP contribution in [0, 0.1) is 0 Å². The van der Waals surface area contributed by atoms with Crippen LogP contribution in [-0.2, 0) is 10.0 Å². The van der Waals surface area contributed by atoms with Crippen molar-refractivity contribution in [3.8, 4) is 10.6 Å². The van der Waals surface area contributed by atoms with Gasteiger partial charge in [-0.2, -0.15) is 9.40 Å². The molecule has 9 nitrogen and oxygen atoms in total. The average molecular weight is 439 g/mol. The third-order valence-electron chi connectivity index (χ3n) is 4.28. The van der Waals surface area contributed by atoms with E-state index < -0.39 is 10.0 Å². The molecule has 0 atom stereocenters. The summed E-state index contributed by atoms with van der Waals surface area (Å²) in [6.07, 6.45) is 3.07. The number of aromatic nitrogens is 4. The van der Waals surface area contributed by atoms with E-state index in [1.165, 1.54) is 16.6 Å². The molecule has 0 amide bonds. The predicted molar refractivity (Wildman–Crippen MR) is 106 cm³/mol. The fraction of sp³-hybridized carbons (Fsp3) is 0.250. The molecule has 12 heteroatoms. The lowest BCUT2D eigenvalue weighted by molar-refractivity contribution is 0.384. The van der Waals surface area contributed by atoms with Crippen LogP contribution < -0.4 is 10.5 Å². The van der Waals surface area contributed by atoms with Crippen molar-refractivity contribution in [2.45, 2.75) is 4.21 Å². The smallest absolute Gasteiger partial charge is 0.264 e. The molecule has 1 aliphatic rings. The molecular formula is C16H15ClN6O3S2.